The predicted octanol–water partition coefficient (Wildman–Crippen LogP) is 1.76. The molecule has 0 bridgehead atoms. The third kappa shape index (κ3) is 6.51. The highest BCUT2D eigenvalue weighted by atomic mass is 16.5. The molecule has 1 aliphatic heterocycles. The number of nitrogens with one attached hydrogen (secondary N) is 1. The summed E-state index contributed by atoms with van der Waals surface area (Å²) in [4.78, 5) is 19.1. The fourth-order valence-corrected chi connectivity index (χ4v) is 2.01. The van der Waals surface area contributed by atoms with Gasteiger partial charge in [0.15, 0.2) is 0 Å². The van der Waals surface area contributed by atoms with Gasteiger partial charge in [-0.3, -0.25) is 0 Å². The molecule has 6 nitrogen and oxygen atoms in total. The van der Waals surface area contributed by atoms with Crippen molar-refractivity contribution in [3.8, 4) is 0 Å². The quantitative estimate of drug-likeness (QED) is 0.736. The fraction of sp³-hybridized carbons (Fsp3) is 0.375. The van der Waals surface area contributed by atoms with E-state index in [2.05, 4.69) is 43.4 Å². The molecule has 1 aromatic rings. The summed E-state index contributed by atoms with van der Waals surface area (Å²) in [5.41, 5.74) is 2.57. The molecule has 3 N–H and O–H groups in total. The topological polar surface area (TPSA) is 95.9 Å². The van der Waals surface area contributed by atoms with Gasteiger partial charge in [-0.1, -0.05) is 29.8 Å². The van der Waals surface area contributed by atoms with Crippen molar-refractivity contribution in [2.75, 3.05) is 13.2 Å². The van der Waals surface area contributed by atoms with Crippen molar-refractivity contribution >= 4 is 11.9 Å². The molecule has 1 heterocycles. The molecule has 6 heteroatoms. The van der Waals surface area contributed by atoms with Gasteiger partial charge < -0.3 is 20.3 Å². The van der Waals surface area contributed by atoms with Gasteiger partial charge >= 0.3 is 11.9 Å². The second kappa shape index (κ2) is 8.96. The summed E-state index contributed by atoms with van der Waals surface area (Å²) < 4.78 is 5.75. The zero-order valence-electron chi connectivity index (χ0n) is 12.7. The molecular formula is C16H21NO5. The van der Waals surface area contributed by atoms with Crippen LogP contribution < -0.4 is 5.32 Å². The van der Waals surface area contributed by atoms with Crippen LogP contribution in [0.15, 0.2) is 36.4 Å². The summed E-state index contributed by atoms with van der Waals surface area (Å²) >= 11 is 0. The van der Waals surface area contributed by atoms with Gasteiger partial charge in [0.2, 0.25) is 0 Å². The molecule has 0 aromatic heterocycles. The number of rotatable bonds is 3. The molecule has 0 aliphatic carbocycles. The van der Waals surface area contributed by atoms with E-state index < -0.39 is 11.9 Å². The minimum absolute atomic E-state index is 0.212. The number of carbonyl (C=O) groups is 2. The Morgan fingerprint density at radius 3 is 2.18 bits per heavy atom. The minimum atomic E-state index is -1.26. The average Bonchev–Trinajstić information content (AvgIpc) is 2.47. The van der Waals surface area contributed by atoms with Crippen LogP contribution in [0.5, 0.6) is 0 Å². The highest BCUT2D eigenvalue weighted by Gasteiger charge is 2.22. The summed E-state index contributed by atoms with van der Waals surface area (Å²) in [6.45, 7) is 6.04. The van der Waals surface area contributed by atoms with E-state index in [1.54, 1.807) is 0 Å². The van der Waals surface area contributed by atoms with Crippen LogP contribution in [0.1, 0.15) is 24.2 Å². The second-order valence-electron chi connectivity index (χ2n) is 4.95. The van der Waals surface area contributed by atoms with E-state index in [4.69, 9.17) is 14.9 Å². The summed E-state index contributed by atoms with van der Waals surface area (Å²) in [7, 11) is 0. The number of ether oxygens (including phenoxy) is 1. The van der Waals surface area contributed by atoms with Crippen LogP contribution in [0.25, 0.3) is 0 Å². The Hall–Kier alpha value is -2.18. The molecule has 0 amide bonds. The lowest BCUT2D eigenvalue weighted by atomic mass is 10.0. The Morgan fingerprint density at radius 2 is 1.73 bits per heavy atom. The molecule has 1 saturated heterocycles. The Kier molecular flexibility index (Phi) is 7.28. The Bertz CT molecular complexity index is 508. The predicted molar refractivity (Wildman–Crippen MR) is 81.7 cm³/mol. The van der Waals surface area contributed by atoms with Crippen molar-refractivity contribution in [3.63, 3.8) is 0 Å². The molecule has 0 saturated carbocycles. The minimum Gasteiger partial charge on any atom is -0.478 e. The molecule has 1 aliphatic rings. The Morgan fingerprint density at radius 1 is 1.18 bits per heavy atom. The smallest absolute Gasteiger partial charge is 0.328 e. The number of morpholine rings is 1. The Balaban J connectivity index is 0.000000261. The molecule has 1 fully saturated rings. The van der Waals surface area contributed by atoms with Gasteiger partial charge in [0.1, 0.15) is 0 Å². The van der Waals surface area contributed by atoms with Gasteiger partial charge in [-0.2, -0.15) is 0 Å². The van der Waals surface area contributed by atoms with E-state index in [1.807, 2.05) is 0 Å². The zero-order valence-corrected chi connectivity index (χ0v) is 12.7. The lowest BCUT2D eigenvalue weighted by molar-refractivity contribution is -0.134. The maximum atomic E-state index is 9.55. The van der Waals surface area contributed by atoms with Crippen LogP contribution in [0.4, 0.5) is 0 Å². The van der Waals surface area contributed by atoms with Gasteiger partial charge in [0.05, 0.1) is 12.7 Å². The van der Waals surface area contributed by atoms with Crippen LogP contribution in [-0.2, 0) is 14.3 Å². The molecule has 0 spiro atoms. The maximum Gasteiger partial charge on any atom is 0.328 e. The van der Waals surface area contributed by atoms with Crippen LogP contribution in [0, 0.1) is 6.92 Å². The van der Waals surface area contributed by atoms with Gasteiger partial charge in [0.25, 0.3) is 0 Å². The standard InChI is InChI=1S/C12H17NO.C4H4O4/c1-9-3-5-11(6-4-9)12-10(2)13-7-8-14-12;5-3(6)1-2-4(7)8/h3-6,10,12-13H,7-8H2,1-2H3;1-2H,(H,5,6)(H,7,8)/b;2-1+. The van der Waals surface area contributed by atoms with E-state index in [0.29, 0.717) is 18.2 Å². The largest absolute Gasteiger partial charge is 0.478 e. The van der Waals surface area contributed by atoms with Crippen molar-refractivity contribution in [3.05, 3.63) is 47.5 Å². The van der Waals surface area contributed by atoms with E-state index in [0.717, 1.165) is 13.2 Å². The summed E-state index contributed by atoms with van der Waals surface area (Å²) in [5.74, 6) is -2.51. The summed E-state index contributed by atoms with van der Waals surface area (Å²) in [6, 6.07) is 9.00. The molecule has 22 heavy (non-hydrogen) atoms. The molecule has 1 aromatic carbocycles. The SMILES string of the molecule is Cc1ccc(C2OCCNC2C)cc1.O=C(O)/C=C/C(=O)O. The molecule has 2 atom stereocenters. The summed E-state index contributed by atoms with van der Waals surface area (Å²) in [6.07, 6.45) is 1.33. The van der Waals surface area contributed by atoms with E-state index >= 15 is 0 Å². The fourth-order valence-electron chi connectivity index (χ4n) is 2.01. The first kappa shape index (κ1) is 17.9. The van der Waals surface area contributed by atoms with Crippen LogP contribution in [0.3, 0.4) is 0 Å². The van der Waals surface area contributed by atoms with Crippen molar-refractivity contribution in [1.29, 1.82) is 0 Å². The van der Waals surface area contributed by atoms with Crippen molar-refractivity contribution < 1.29 is 24.5 Å². The normalized spacial score (nSPS) is 21.0. The van der Waals surface area contributed by atoms with Crippen LogP contribution in [0.2, 0.25) is 0 Å². The van der Waals surface area contributed by atoms with Crippen LogP contribution in [-0.4, -0.2) is 41.3 Å². The number of carboxylic acid groups (broad SMARTS) is 2. The summed E-state index contributed by atoms with van der Waals surface area (Å²) in [5, 5.41) is 19.0. The first-order valence-corrected chi connectivity index (χ1v) is 6.95. The Labute approximate surface area is 129 Å². The van der Waals surface area contributed by atoms with Crippen molar-refractivity contribution in [2.24, 2.45) is 0 Å². The number of aryl methyl sites for hydroxylation is 1. The second-order valence-corrected chi connectivity index (χ2v) is 4.95. The maximum absolute atomic E-state index is 9.55. The molecular weight excluding hydrogens is 286 g/mol. The number of carboxylic acids is 2. The molecule has 2 unspecified atom stereocenters. The highest BCUT2D eigenvalue weighted by molar-refractivity contribution is 5.89. The van der Waals surface area contributed by atoms with E-state index in [9.17, 15) is 9.59 Å². The number of hydrogen-bond donors (Lipinski definition) is 3. The molecule has 120 valence electrons. The lowest BCUT2D eigenvalue weighted by Gasteiger charge is -2.30. The first-order valence-electron chi connectivity index (χ1n) is 6.95. The van der Waals surface area contributed by atoms with Gasteiger partial charge in [0, 0.05) is 24.7 Å². The number of benzene rings is 1. The average molecular weight is 307 g/mol. The van der Waals surface area contributed by atoms with Gasteiger partial charge in [-0.25, -0.2) is 9.59 Å². The van der Waals surface area contributed by atoms with Gasteiger partial charge in [-0.05, 0) is 19.4 Å². The van der Waals surface area contributed by atoms with Crippen LogP contribution >= 0.6 is 0 Å². The molecule has 2 rings (SSSR count). The van der Waals surface area contributed by atoms with Crippen molar-refractivity contribution in [2.45, 2.75) is 26.0 Å². The number of hydrogen-bond acceptors (Lipinski definition) is 4. The molecule has 0 radical (unpaired) electrons. The first-order chi connectivity index (χ1) is 10.4. The van der Waals surface area contributed by atoms with Gasteiger partial charge in [-0.15, -0.1) is 0 Å². The third-order valence-corrected chi connectivity index (χ3v) is 3.09. The lowest BCUT2D eigenvalue weighted by Crippen LogP contribution is -2.41. The third-order valence-electron chi connectivity index (χ3n) is 3.09. The van der Waals surface area contributed by atoms with E-state index in [-0.39, 0.29) is 6.10 Å². The van der Waals surface area contributed by atoms with Crippen molar-refractivity contribution in [1.82, 2.24) is 5.32 Å². The zero-order chi connectivity index (χ0) is 16.5. The monoisotopic (exact) mass is 307 g/mol. The number of aliphatic carboxylic acids is 2. The van der Waals surface area contributed by atoms with E-state index in [1.165, 1.54) is 11.1 Å². The highest BCUT2D eigenvalue weighted by Crippen LogP contribution is 2.23.